The summed E-state index contributed by atoms with van der Waals surface area (Å²) in [6, 6.07) is 1.32. The van der Waals surface area contributed by atoms with Gasteiger partial charge in [-0.15, -0.1) is 0 Å². The van der Waals surface area contributed by atoms with Crippen LogP contribution >= 0.6 is 0 Å². The Morgan fingerprint density at radius 2 is 1.35 bits per heavy atom. The highest BCUT2D eigenvalue weighted by Gasteiger charge is 2.10. The van der Waals surface area contributed by atoms with E-state index in [1.54, 1.807) is 0 Å². The third-order valence-corrected chi connectivity index (χ3v) is 2.33. The maximum Gasteiger partial charge on any atom is 0.303 e. The van der Waals surface area contributed by atoms with Crippen molar-refractivity contribution in [1.29, 1.82) is 0 Å². The van der Waals surface area contributed by atoms with Crippen molar-refractivity contribution in [2.75, 3.05) is 13.1 Å². The Morgan fingerprint density at radius 1 is 1.00 bits per heavy atom. The predicted octanol–water partition coefficient (Wildman–Crippen LogP) is 0.282. The summed E-state index contributed by atoms with van der Waals surface area (Å²) < 4.78 is 0. The maximum absolute atomic E-state index is 9.79. The van der Waals surface area contributed by atoms with E-state index in [4.69, 9.17) is 10.2 Å². The molecule has 100 valence electrons. The second-order valence-corrected chi connectivity index (χ2v) is 4.26. The molecule has 0 aliphatic carbocycles. The van der Waals surface area contributed by atoms with Gasteiger partial charge >= 0.3 is 11.9 Å². The van der Waals surface area contributed by atoms with E-state index < -0.39 is 11.9 Å². The van der Waals surface area contributed by atoms with Crippen molar-refractivity contribution in [1.82, 2.24) is 10.6 Å². The lowest BCUT2D eigenvalue weighted by Crippen LogP contribution is -2.51. The number of carboxylic acids is 2. The van der Waals surface area contributed by atoms with Crippen molar-refractivity contribution in [3.63, 3.8) is 0 Å². The van der Waals surface area contributed by atoms with Gasteiger partial charge in [0.2, 0.25) is 0 Å². The van der Waals surface area contributed by atoms with Gasteiger partial charge in [0.25, 0.3) is 0 Å². The number of piperazine rings is 1. The zero-order valence-corrected chi connectivity index (χ0v) is 10.4. The first kappa shape index (κ1) is 15.9. The maximum atomic E-state index is 9.79. The average Bonchev–Trinajstić information content (AvgIpc) is 2.22. The van der Waals surface area contributed by atoms with Crippen LogP contribution in [0.25, 0.3) is 0 Å². The number of hydrogen-bond donors (Lipinski definition) is 4. The molecule has 1 heterocycles. The van der Waals surface area contributed by atoms with Crippen LogP contribution in [0.5, 0.6) is 0 Å². The van der Waals surface area contributed by atoms with Crippen LogP contribution < -0.4 is 10.6 Å². The summed E-state index contributed by atoms with van der Waals surface area (Å²) in [6.07, 6.45) is 0.0866. The Bertz CT molecular complexity index is 214. The molecule has 0 saturated carbocycles. The largest absolute Gasteiger partial charge is 0.481 e. The van der Waals surface area contributed by atoms with E-state index in [1.807, 2.05) is 0 Å². The van der Waals surface area contributed by atoms with E-state index in [0.717, 1.165) is 13.1 Å². The van der Waals surface area contributed by atoms with E-state index >= 15 is 0 Å². The standard InChI is InChI=1S/C6H14N2.C5H8O4/c1-5-3-8-6(2)4-7-5;6-4(7)2-1-3-5(8)9/h5-8H,3-4H2,1-2H3;1-3H2,(H,6,7)(H,8,9). The third-order valence-electron chi connectivity index (χ3n) is 2.33. The van der Waals surface area contributed by atoms with Gasteiger partial charge in [-0.25, -0.2) is 0 Å². The lowest BCUT2D eigenvalue weighted by Gasteiger charge is -2.26. The molecule has 1 aliphatic heterocycles. The van der Waals surface area contributed by atoms with Gasteiger partial charge < -0.3 is 20.8 Å². The van der Waals surface area contributed by atoms with Gasteiger partial charge in [0.15, 0.2) is 0 Å². The van der Waals surface area contributed by atoms with Crippen molar-refractivity contribution in [2.45, 2.75) is 45.2 Å². The van der Waals surface area contributed by atoms with E-state index in [1.165, 1.54) is 0 Å². The van der Waals surface area contributed by atoms with Crippen LogP contribution in [0.15, 0.2) is 0 Å². The van der Waals surface area contributed by atoms with Gasteiger partial charge in [-0.3, -0.25) is 9.59 Å². The molecule has 0 aromatic carbocycles. The molecule has 0 aromatic heterocycles. The molecule has 0 aromatic rings. The van der Waals surface area contributed by atoms with Crippen molar-refractivity contribution < 1.29 is 19.8 Å². The normalized spacial score (nSPS) is 23.4. The zero-order valence-electron chi connectivity index (χ0n) is 10.4. The molecular weight excluding hydrogens is 224 g/mol. The summed E-state index contributed by atoms with van der Waals surface area (Å²) in [7, 11) is 0. The summed E-state index contributed by atoms with van der Waals surface area (Å²) in [5.41, 5.74) is 0. The lowest BCUT2D eigenvalue weighted by molar-refractivity contribution is -0.138. The molecule has 0 spiro atoms. The molecule has 1 rings (SSSR count). The summed E-state index contributed by atoms with van der Waals surface area (Å²) in [4.78, 5) is 19.6. The second-order valence-electron chi connectivity index (χ2n) is 4.26. The Hall–Kier alpha value is -1.14. The summed E-state index contributed by atoms with van der Waals surface area (Å²) in [5.74, 6) is -1.90. The van der Waals surface area contributed by atoms with E-state index in [-0.39, 0.29) is 19.3 Å². The van der Waals surface area contributed by atoms with Gasteiger partial charge in [0.05, 0.1) is 0 Å². The monoisotopic (exact) mass is 246 g/mol. The van der Waals surface area contributed by atoms with E-state index in [2.05, 4.69) is 24.5 Å². The van der Waals surface area contributed by atoms with E-state index in [0.29, 0.717) is 12.1 Å². The van der Waals surface area contributed by atoms with Crippen LogP contribution in [0, 0.1) is 0 Å². The lowest BCUT2D eigenvalue weighted by atomic mass is 10.2. The summed E-state index contributed by atoms with van der Waals surface area (Å²) in [5, 5.41) is 22.8. The molecule has 17 heavy (non-hydrogen) atoms. The fourth-order valence-electron chi connectivity index (χ4n) is 1.29. The van der Waals surface area contributed by atoms with Gasteiger partial charge in [-0.2, -0.15) is 0 Å². The molecule has 6 heteroatoms. The van der Waals surface area contributed by atoms with Crippen LogP contribution in [0.3, 0.4) is 0 Å². The molecule has 0 radical (unpaired) electrons. The fraction of sp³-hybridized carbons (Fsp3) is 0.818. The number of aliphatic carboxylic acids is 2. The minimum absolute atomic E-state index is 0.0632. The number of hydrogen-bond acceptors (Lipinski definition) is 4. The predicted molar refractivity (Wildman–Crippen MR) is 64.1 cm³/mol. The Kier molecular flexibility index (Phi) is 8.35. The Morgan fingerprint density at radius 3 is 1.59 bits per heavy atom. The van der Waals surface area contributed by atoms with Crippen molar-refractivity contribution in [2.24, 2.45) is 0 Å². The van der Waals surface area contributed by atoms with Crippen LogP contribution in [0.2, 0.25) is 0 Å². The zero-order chi connectivity index (χ0) is 13.3. The molecular formula is C11H22N2O4. The van der Waals surface area contributed by atoms with Crippen molar-refractivity contribution in [3.8, 4) is 0 Å². The smallest absolute Gasteiger partial charge is 0.303 e. The Balaban J connectivity index is 0.000000302. The molecule has 1 fully saturated rings. The van der Waals surface area contributed by atoms with Gasteiger partial charge in [-0.05, 0) is 20.3 Å². The molecule has 4 N–H and O–H groups in total. The molecule has 1 saturated heterocycles. The summed E-state index contributed by atoms with van der Waals surface area (Å²) in [6.45, 7) is 6.61. The molecule has 0 bridgehead atoms. The third kappa shape index (κ3) is 11.1. The van der Waals surface area contributed by atoms with Gasteiger partial charge in [-0.1, -0.05) is 0 Å². The first-order chi connectivity index (χ1) is 7.91. The van der Waals surface area contributed by atoms with Crippen LogP contribution in [0.4, 0.5) is 0 Å². The average molecular weight is 246 g/mol. The minimum Gasteiger partial charge on any atom is -0.481 e. The van der Waals surface area contributed by atoms with Crippen LogP contribution in [-0.2, 0) is 9.59 Å². The highest BCUT2D eigenvalue weighted by molar-refractivity contribution is 5.69. The number of nitrogens with one attached hydrogen (secondary N) is 2. The molecule has 1 aliphatic rings. The molecule has 0 amide bonds. The van der Waals surface area contributed by atoms with Gasteiger partial charge in [0.1, 0.15) is 0 Å². The first-order valence-electron chi connectivity index (χ1n) is 5.82. The minimum atomic E-state index is -0.948. The van der Waals surface area contributed by atoms with Crippen LogP contribution in [0.1, 0.15) is 33.1 Å². The molecule has 6 nitrogen and oxygen atoms in total. The molecule has 2 unspecified atom stereocenters. The highest BCUT2D eigenvalue weighted by Crippen LogP contribution is 1.93. The van der Waals surface area contributed by atoms with Crippen molar-refractivity contribution in [3.05, 3.63) is 0 Å². The SMILES string of the molecule is CC1CNC(C)CN1.O=C(O)CCCC(=O)O. The summed E-state index contributed by atoms with van der Waals surface area (Å²) >= 11 is 0. The Labute approximate surface area is 101 Å². The number of carboxylic acid groups (broad SMARTS) is 2. The second kappa shape index (κ2) is 8.95. The fourth-order valence-corrected chi connectivity index (χ4v) is 1.29. The topological polar surface area (TPSA) is 98.7 Å². The van der Waals surface area contributed by atoms with Crippen molar-refractivity contribution >= 4 is 11.9 Å². The van der Waals surface area contributed by atoms with E-state index in [9.17, 15) is 9.59 Å². The quantitative estimate of drug-likeness (QED) is 0.569. The first-order valence-corrected chi connectivity index (χ1v) is 5.82. The van der Waals surface area contributed by atoms with Gasteiger partial charge in [0, 0.05) is 38.0 Å². The number of rotatable bonds is 4. The molecule has 2 atom stereocenters. The number of carbonyl (C=O) groups is 2. The highest BCUT2D eigenvalue weighted by atomic mass is 16.4. The van der Waals surface area contributed by atoms with Crippen LogP contribution in [-0.4, -0.2) is 47.3 Å².